The highest BCUT2D eigenvalue weighted by Crippen LogP contribution is 2.70. The molecule has 0 amide bonds. The normalized spacial score (nSPS) is 40.3. The van der Waals surface area contributed by atoms with Crippen LogP contribution in [0.4, 0.5) is 0 Å². The van der Waals surface area contributed by atoms with E-state index in [-0.39, 0.29) is 22.7 Å². The highest BCUT2D eigenvalue weighted by Gasteiger charge is 2.65. The van der Waals surface area contributed by atoms with Gasteiger partial charge in [0.15, 0.2) is 5.78 Å². The monoisotopic (exact) mass is 410 g/mol. The summed E-state index contributed by atoms with van der Waals surface area (Å²) in [6.45, 7) is 8.20. The van der Waals surface area contributed by atoms with Crippen molar-refractivity contribution in [1.82, 2.24) is 5.23 Å². The van der Waals surface area contributed by atoms with Crippen LogP contribution in [0.2, 0.25) is 0 Å². The average Bonchev–Trinajstić information content (AvgIpc) is 3.11. The van der Waals surface area contributed by atoms with Gasteiger partial charge in [0, 0.05) is 18.3 Å². The molecule has 4 atom stereocenters. The fraction of sp³-hybridized carbons (Fsp3) is 0.680. The van der Waals surface area contributed by atoms with Crippen LogP contribution in [0.5, 0.6) is 0 Å². The molecule has 1 fully saturated rings. The summed E-state index contributed by atoms with van der Waals surface area (Å²) in [6.07, 6.45) is 9.77. The molecule has 5 aliphatic carbocycles. The first kappa shape index (κ1) is 20.3. The first-order valence-electron chi connectivity index (χ1n) is 11.5. The number of fused-ring (bicyclic) bond motifs is 3. The fourth-order valence-corrected chi connectivity index (χ4v) is 7.25. The van der Waals surface area contributed by atoms with Crippen molar-refractivity contribution in [2.45, 2.75) is 91.2 Å². The maximum atomic E-state index is 13.3. The Bertz CT molecular complexity index is 927. The van der Waals surface area contributed by atoms with Crippen molar-refractivity contribution in [3.05, 3.63) is 39.7 Å². The quantitative estimate of drug-likeness (QED) is 0.615. The zero-order valence-corrected chi connectivity index (χ0v) is 18.5. The number of hydrogen-bond acceptors (Lipinski definition) is 5. The third-order valence-corrected chi connectivity index (χ3v) is 8.89. The van der Waals surface area contributed by atoms with Gasteiger partial charge in [0.2, 0.25) is 0 Å². The van der Waals surface area contributed by atoms with Crippen molar-refractivity contribution in [3.8, 4) is 0 Å². The Morgan fingerprint density at radius 1 is 1.13 bits per heavy atom. The topological polar surface area (TPSA) is 69.7 Å². The molecule has 0 aromatic carbocycles. The van der Waals surface area contributed by atoms with Gasteiger partial charge in [-0.2, -0.15) is 0 Å². The molecule has 0 bridgehead atoms. The summed E-state index contributed by atoms with van der Waals surface area (Å²) in [7, 11) is 0. The van der Waals surface area contributed by atoms with Crippen LogP contribution in [0.1, 0.15) is 79.1 Å². The summed E-state index contributed by atoms with van der Waals surface area (Å²) < 4.78 is 0. The molecular weight excluding hydrogens is 378 g/mol. The summed E-state index contributed by atoms with van der Waals surface area (Å²) in [5.74, 6) is 0.505. The van der Waals surface area contributed by atoms with Gasteiger partial charge in [-0.05, 0) is 75.0 Å². The number of Topliss-reactive ketones (excluding diaryl/α,β-unsaturated/α-hetero) is 1. The van der Waals surface area contributed by atoms with Gasteiger partial charge in [0.05, 0.1) is 17.6 Å². The zero-order valence-electron chi connectivity index (χ0n) is 18.5. The maximum Gasteiger partial charge on any atom is 0.155 e. The molecule has 3 unspecified atom stereocenters. The first-order valence-corrected chi connectivity index (χ1v) is 11.5. The third kappa shape index (κ3) is 2.46. The SMILES string of the molecule is CC(C)ON([O-])C1CC2=CC(=O)CCC2(C)C2=C1C1=CC[C@@]3(C)CCC(=O)C13CC2. The molecule has 5 aliphatic rings. The Balaban J connectivity index is 1.70. The number of carbonyl (C=O) groups is 2. The summed E-state index contributed by atoms with van der Waals surface area (Å²) >= 11 is 0. The lowest BCUT2D eigenvalue weighted by Gasteiger charge is -2.55. The van der Waals surface area contributed by atoms with Gasteiger partial charge >= 0.3 is 0 Å². The lowest BCUT2D eigenvalue weighted by Crippen LogP contribution is -2.49. The minimum absolute atomic E-state index is 0.0331. The molecule has 1 saturated carbocycles. The number of allylic oxidation sites excluding steroid dienone is 3. The number of nitrogens with zero attached hydrogens (tertiary/aromatic N) is 1. The van der Waals surface area contributed by atoms with E-state index in [1.807, 2.05) is 13.8 Å². The Labute approximate surface area is 178 Å². The van der Waals surface area contributed by atoms with Crippen LogP contribution in [-0.2, 0) is 14.4 Å². The average molecular weight is 411 g/mol. The molecule has 0 aromatic rings. The van der Waals surface area contributed by atoms with Gasteiger partial charge in [0.25, 0.3) is 0 Å². The number of carbonyl (C=O) groups excluding carboxylic acids is 2. The van der Waals surface area contributed by atoms with Crippen molar-refractivity contribution in [2.24, 2.45) is 16.2 Å². The molecule has 0 heterocycles. The van der Waals surface area contributed by atoms with E-state index in [0.29, 0.717) is 25.0 Å². The van der Waals surface area contributed by atoms with Gasteiger partial charge in [0.1, 0.15) is 5.78 Å². The number of hydrogen-bond donors (Lipinski definition) is 0. The molecule has 0 N–H and O–H groups in total. The second-order valence-corrected chi connectivity index (χ2v) is 10.7. The van der Waals surface area contributed by atoms with Crippen molar-refractivity contribution >= 4 is 11.6 Å². The van der Waals surface area contributed by atoms with E-state index >= 15 is 0 Å². The molecule has 5 nitrogen and oxygen atoms in total. The van der Waals surface area contributed by atoms with E-state index in [0.717, 1.165) is 54.0 Å². The molecule has 162 valence electrons. The van der Waals surface area contributed by atoms with Crippen LogP contribution < -0.4 is 0 Å². The molecule has 0 saturated heterocycles. The van der Waals surface area contributed by atoms with Gasteiger partial charge in [-0.3, -0.25) is 14.8 Å². The number of hydroxylamine groups is 2. The summed E-state index contributed by atoms with van der Waals surface area (Å²) in [6, 6.07) is -0.494. The van der Waals surface area contributed by atoms with Crippen molar-refractivity contribution in [2.75, 3.05) is 0 Å². The zero-order chi connectivity index (χ0) is 21.5. The van der Waals surface area contributed by atoms with E-state index in [9.17, 15) is 14.8 Å². The van der Waals surface area contributed by atoms with E-state index in [1.54, 1.807) is 6.08 Å². The van der Waals surface area contributed by atoms with Gasteiger partial charge < -0.3 is 10.0 Å². The van der Waals surface area contributed by atoms with Crippen LogP contribution in [0, 0.1) is 21.5 Å². The molecule has 1 spiro atoms. The largest absolute Gasteiger partial charge is 0.762 e. The van der Waals surface area contributed by atoms with Gasteiger partial charge in [-0.1, -0.05) is 31.1 Å². The van der Waals surface area contributed by atoms with E-state index < -0.39 is 11.5 Å². The van der Waals surface area contributed by atoms with Crippen molar-refractivity contribution in [1.29, 1.82) is 0 Å². The Kier molecular flexibility index (Phi) is 4.39. The van der Waals surface area contributed by atoms with E-state index in [1.165, 1.54) is 5.57 Å². The predicted octanol–water partition coefficient (Wildman–Crippen LogP) is 4.97. The Hall–Kier alpha value is -1.56. The summed E-state index contributed by atoms with van der Waals surface area (Å²) in [4.78, 5) is 31.1. The lowest BCUT2D eigenvalue weighted by atomic mass is 9.51. The Morgan fingerprint density at radius 2 is 1.90 bits per heavy atom. The minimum Gasteiger partial charge on any atom is -0.762 e. The van der Waals surface area contributed by atoms with Crippen molar-refractivity contribution < 1.29 is 14.4 Å². The van der Waals surface area contributed by atoms with Crippen LogP contribution in [-0.4, -0.2) is 28.9 Å². The molecule has 0 radical (unpaired) electrons. The Morgan fingerprint density at radius 3 is 2.63 bits per heavy atom. The van der Waals surface area contributed by atoms with Crippen LogP contribution >= 0.6 is 0 Å². The standard InChI is InChI=1S/C25H32NO4/c1-15(2)30-26(29)20-14-16-13-17(27)5-11-24(16,4)18-7-12-25-19(22(18)20)6-9-23(25,3)10-8-21(25)28/h6,13,15,20H,5,7-12,14H2,1-4H3/q-1/t20?,23-,24?,25?/m0/s1. The highest BCUT2D eigenvalue weighted by molar-refractivity contribution is 5.95. The molecule has 0 aromatic heterocycles. The molecule has 5 rings (SSSR count). The van der Waals surface area contributed by atoms with Crippen molar-refractivity contribution in [3.63, 3.8) is 0 Å². The highest BCUT2D eigenvalue weighted by atomic mass is 16.9. The number of rotatable bonds is 3. The smallest absolute Gasteiger partial charge is 0.155 e. The first-order chi connectivity index (χ1) is 14.1. The lowest BCUT2D eigenvalue weighted by molar-refractivity contribution is -0.172. The predicted molar refractivity (Wildman–Crippen MR) is 114 cm³/mol. The van der Waals surface area contributed by atoms with Crippen LogP contribution in [0.15, 0.2) is 34.4 Å². The van der Waals surface area contributed by atoms with Crippen LogP contribution in [0.25, 0.3) is 0 Å². The molecule has 30 heavy (non-hydrogen) atoms. The second kappa shape index (κ2) is 6.47. The third-order valence-electron chi connectivity index (χ3n) is 8.89. The maximum absolute atomic E-state index is 13.3. The fourth-order valence-electron chi connectivity index (χ4n) is 7.25. The number of ketones is 2. The summed E-state index contributed by atoms with van der Waals surface area (Å²) in [5, 5.41) is 14.0. The van der Waals surface area contributed by atoms with Gasteiger partial charge in [-0.25, -0.2) is 0 Å². The second-order valence-electron chi connectivity index (χ2n) is 10.7. The van der Waals surface area contributed by atoms with E-state index in [2.05, 4.69) is 19.9 Å². The van der Waals surface area contributed by atoms with E-state index in [4.69, 9.17) is 4.84 Å². The minimum atomic E-state index is -0.494. The van der Waals surface area contributed by atoms with Gasteiger partial charge in [-0.15, -0.1) is 0 Å². The molecule has 0 aliphatic heterocycles. The summed E-state index contributed by atoms with van der Waals surface area (Å²) in [5.41, 5.74) is 3.84. The molecule has 5 heteroatoms. The molecular formula is C25H32NO4-. The van der Waals surface area contributed by atoms with Crippen LogP contribution in [0.3, 0.4) is 0 Å².